The second kappa shape index (κ2) is 3.10. The van der Waals surface area contributed by atoms with Crippen molar-refractivity contribution in [1.29, 1.82) is 0 Å². The summed E-state index contributed by atoms with van der Waals surface area (Å²) < 4.78 is 5.35. The van der Waals surface area contributed by atoms with Gasteiger partial charge in [0.25, 0.3) is 0 Å². The van der Waals surface area contributed by atoms with Crippen molar-refractivity contribution in [2.24, 2.45) is 0 Å². The molecule has 2 rings (SSSR count). The van der Waals surface area contributed by atoms with Crippen LogP contribution in [0.15, 0.2) is 24.3 Å². The molecule has 0 fully saturated rings. The number of fused-ring (bicyclic) bond motifs is 1. The molecule has 0 bridgehead atoms. The average Bonchev–Trinajstić information content (AvgIpc) is 2.18. The number of rotatable bonds is 1. The second-order valence-corrected chi connectivity index (χ2v) is 3.59. The number of ether oxygens (including phenoxy) is 1. The third-order valence-electron chi connectivity index (χ3n) is 2.70. The van der Waals surface area contributed by atoms with E-state index in [0.29, 0.717) is 6.61 Å². The summed E-state index contributed by atoms with van der Waals surface area (Å²) in [6.45, 7) is 2.08. The van der Waals surface area contributed by atoms with E-state index in [2.05, 4.69) is 0 Å². The first-order chi connectivity index (χ1) is 6.64. The van der Waals surface area contributed by atoms with E-state index in [1.165, 1.54) is 0 Å². The van der Waals surface area contributed by atoms with Gasteiger partial charge in [-0.15, -0.1) is 0 Å². The topological polar surface area (TPSA) is 46.5 Å². The number of aliphatic carboxylic acids is 1. The fraction of sp³-hybridized carbons (Fsp3) is 0.364. The first-order valence-electron chi connectivity index (χ1n) is 4.60. The molecule has 1 aromatic carbocycles. The normalized spacial score (nSPS) is 25.5. The molecule has 1 aliphatic rings. The van der Waals surface area contributed by atoms with Crippen molar-refractivity contribution in [3.63, 3.8) is 0 Å². The average molecular weight is 192 g/mol. The van der Waals surface area contributed by atoms with E-state index >= 15 is 0 Å². The van der Waals surface area contributed by atoms with E-state index in [-0.39, 0.29) is 0 Å². The van der Waals surface area contributed by atoms with E-state index in [4.69, 9.17) is 9.84 Å². The van der Waals surface area contributed by atoms with Gasteiger partial charge in [-0.3, -0.25) is 0 Å². The summed E-state index contributed by atoms with van der Waals surface area (Å²) in [7, 11) is 0. The zero-order valence-corrected chi connectivity index (χ0v) is 7.99. The smallest absolute Gasteiger partial charge is 0.340 e. The molecule has 0 spiro atoms. The fourth-order valence-corrected chi connectivity index (χ4v) is 1.82. The predicted octanol–water partition coefficient (Wildman–Crippen LogP) is 1.56. The lowest BCUT2D eigenvalue weighted by Crippen LogP contribution is -2.40. The summed E-state index contributed by atoms with van der Waals surface area (Å²) in [5.74, 6) is -0.926. The van der Waals surface area contributed by atoms with Gasteiger partial charge in [0.2, 0.25) is 0 Å². The zero-order valence-electron chi connectivity index (χ0n) is 7.99. The Morgan fingerprint density at radius 3 is 2.93 bits per heavy atom. The van der Waals surface area contributed by atoms with Gasteiger partial charge in [-0.25, -0.2) is 4.79 Å². The number of carbonyl (C=O) groups is 1. The van der Waals surface area contributed by atoms with Crippen molar-refractivity contribution >= 4 is 5.97 Å². The van der Waals surface area contributed by atoms with Crippen LogP contribution in [0, 0.1) is 0 Å². The maximum atomic E-state index is 11.1. The Labute approximate surface area is 82.3 Å². The molecule has 3 nitrogen and oxygen atoms in total. The second-order valence-electron chi connectivity index (χ2n) is 3.59. The number of hydrogen-bond acceptors (Lipinski definition) is 2. The number of carboxylic acid groups (broad SMARTS) is 1. The van der Waals surface area contributed by atoms with Gasteiger partial charge < -0.3 is 9.84 Å². The highest BCUT2D eigenvalue weighted by Crippen LogP contribution is 2.32. The standard InChI is InChI=1S/C11H12O3/c1-11(10(12)13)9-5-3-2-4-8(9)6-7-14-11/h2-5H,6-7H2,1H3,(H,12,13)/t11-/m1/s1. The largest absolute Gasteiger partial charge is 0.479 e. The molecule has 0 aliphatic carbocycles. The zero-order chi connectivity index (χ0) is 10.2. The first-order valence-corrected chi connectivity index (χ1v) is 4.60. The Bertz CT molecular complexity index is 373. The highest BCUT2D eigenvalue weighted by molar-refractivity contribution is 5.79. The summed E-state index contributed by atoms with van der Waals surface area (Å²) >= 11 is 0. The first kappa shape index (κ1) is 9.21. The van der Waals surface area contributed by atoms with Gasteiger partial charge in [-0.1, -0.05) is 24.3 Å². The summed E-state index contributed by atoms with van der Waals surface area (Å²) in [4.78, 5) is 11.1. The minimum atomic E-state index is -1.17. The third kappa shape index (κ3) is 1.21. The maximum Gasteiger partial charge on any atom is 0.340 e. The Hall–Kier alpha value is -1.35. The van der Waals surface area contributed by atoms with Gasteiger partial charge in [0.1, 0.15) is 0 Å². The lowest BCUT2D eigenvalue weighted by atomic mass is 9.88. The van der Waals surface area contributed by atoms with Crippen LogP contribution in [0.5, 0.6) is 0 Å². The SMILES string of the molecule is C[C@@]1(C(=O)O)OCCc2ccccc21. The molecule has 1 heterocycles. The molecule has 0 amide bonds. The van der Waals surface area contributed by atoms with Crippen LogP contribution in [-0.2, 0) is 21.6 Å². The van der Waals surface area contributed by atoms with Gasteiger partial charge in [-0.05, 0) is 24.5 Å². The quantitative estimate of drug-likeness (QED) is 0.734. The molecule has 1 aliphatic heterocycles. The third-order valence-corrected chi connectivity index (χ3v) is 2.70. The summed E-state index contributed by atoms with van der Waals surface area (Å²) in [5, 5.41) is 9.12. The molecule has 0 aromatic heterocycles. The number of benzene rings is 1. The van der Waals surface area contributed by atoms with E-state index in [1.807, 2.05) is 24.3 Å². The number of carboxylic acids is 1. The molecule has 0 saturated carbocycles. The van der Waals surface area contributed by atoms with E-state index in [0.717, 1.165) is 17.5 Å². The molecular formula is C11H12O3. The van der Waals surface area contributed by atoms with Crippen molar-refractivity contribution in [1.82, 2.24) is 0 Å². The molecule has 3 heteroatoms. The van der Waals surface area contributed by atoms with Gasteiger partial charge in [-0.2, -0.15) is 0 Å². The highest BCUT2D eigenvalue weighted by atomic mass is 16.5. The Balaban J connectivity index is 2.55. The van der Waals surface area contributed by atoms with E-state index in [1.54, 1.807) is 6.92 Å². The van der Waals surface area contributed by atoms with Gasteiger partial charge in [0.05, 0.1) is 6.61 Å². The Morgan fingerprint density at radius 1 is 1.50 bits per heavy atom. The molecule has 1 atom stereocenters. The van der Waals surface area contributed by atoms with Crippen LogP contribution in [0.3, 0.4) is 0 Å². The van der Waals surface area contributed by atoms with Crippen LogP contribution < -0.4 is 0 Å². The molecular weight excluding hydrogens is 180 g/mol. The fourth-order valence-electron chi connectivity index (χ4n) is 1.82. The molecule has 1 aromatic rings. The maximum absolute atomic E-state index is 11.1. The Kier molecular flexibility index (Phi) is 2.04. The summed E-state index contributed by atoms with van der Waals surface area (Å²) in [6, 6.07) is 7.54. The van der Waals surface area contributed by atoms with Crippen molar-refractivity contribution in [3.8, 4) is 0 Å². The Morgan fingerprint density at radius 2 is 2.21 bits per heavy atom. The number of hydrogen-bond donors (Lipinski definition) is 1. The molecule has 0 saturated heterocycles. The van der Waals surface area contributed by atoms with Crippen molar-refractivity contribution in [2.45, 2.75) is 18.9 Å². The minimum absolute atomic E-state index is 0.472. The van der Waals surface area contributed by atoms with Gasteiger partial charge >= 0.3 is 5.97 Å². The molecule has 14 heavy (non-hydrogen) atoms. The van der Waals surface area contributed by atoms with Crippen molar-refractivity contribution in [2.75, 3.05) is 6.61 Å². The molecule has 0 unspecified atom stereocenters. The van der Waals surface area contributed by atoms with Crippen LogP contribution in [0.25, 0.3) is 0 Å². The van der Waals surface area contributed by atoms with Crippen LogP contribution in [0.4, 0.5) is 0 Å². The van der Waals surface area contributed by atoms with E-state index in [9.17, 15) is 4.79 Å². The van der Waals surface area contributed by atoms with Crippen molar-refractivity contribution in [3.05, 3.63) is 35.4 Å². The molecule has 74 valence electrons. The van der Waals surface area contributed by atoms with Crippen molar-refractivity contribution < 1.29 is 14.6 Å². The van der Waals surface area contributed by atoms with Crippen LogP contribution in [-0.4, -0.2) is 17.7 Å². The van der Waals surface area contributed by atoms with Crippen LogP contribution >= 0.6 is 0 Å². The lowest BCUT2D eigenvalue weighted by Gasteiger charge is -2.32. The van der Waals surface area contributed by atoms with Crippen LogP contribution in [0.2, 0.25) is 0 Å². The summed E-state index contributed by atoms with van der Waals surface area (Å²) in [6.07, 6.45) is 0.791. The summed E-state index contributed by atoms with van der Waals surface area (Å²) in [5.41, 5.74) is 0.678. The highest BCUT2D eigenvalue weighted by Gasteiger charge is 2.40. The molecule has 1 N–H and O–H groups in total. The monoisotopic (exact) mass is 192 g/mol. The minimum Gasteiger partial charge on any atom is -0.479 e. The lowest BCUT2D eigenvalue weighted by molar-refractivity contribution is -0.166. The van der Waals surface area contributed by atoms with Gasteiger partial charge in [0, 0.05) is 0 Å². The van der Waals surface area contributed by atoms with Gasteiger partial charge in [0.15, 0.2) is 5.60 Å². The predicted molar refractivity (Wildman–Crippen MR) is 51.1 cm³/mol. The van der Waals surface area contributed by atoms with E-state index < -0.39 is 11.6 Å². The van der Waals surface area contributed by atoms with Crippen LogP contribution in [0.1, 0.15) is 18.1 Å². The molecule has 0 radical (unpaired) electrons.